The molecule has 0 aliphatic carbocycles. The van der Waals surface area contributed by atoms with Gasteiger partial charge in [0, 0.05) is 19.6 Å². The maximum Gasteiger partial charge on any atom is 0.129 e. The summed E-state index contributed by atoms with van der Waals surface area (Å²) in [6.07, 6.45) is 0. The first-order valence-corrected chi connectivity index (χ1v) is 6.30. The van der Waals surface area contributed by atoms with Crippen LogP contribution in [0.15, 0.2) is 27.7 Å². The molecule has 1 aliphatic rings. The van der Waals surface area contributed by atoms with Crippen LogP contribution in [0.5, 0.6) is 0 Å². The molecule has 0 bridgehead atoms. The van der Waals surface area contributed by atoms with Crippen LogP contribution in [-0.2, 0) is 0 Å². The molecule has 0 radical (unpaired) electrons. The molecule has 1 unspecified atom stereocenters. The Morgan fingerprint density at radius 2 is 2.36 bits per heavy atom. The van der Waals surface area contributed by atoms with E-state index >= 15 is 0 Å². The third-order valence-corrected chi connectivity index (χ3v) is 3.45. The molecule has 4 heteroatoms. The summed E-state index contributed by atoms with van der Waals surface area (Å²) in [5.74, 6) is 1.00. The van der Waals surface area contributed by atoms with Gasteiger partial charge in [-0.3, -0.25) is 4.99 Å². The van der Waals surface area contributed by atoms with Crippen molar-refractivity contribution in [3.05, 3.63) is 31.8 Å². The molecule has 1 aromatic rings. The summed E-state index contributed by atoms with van der Waals surface area (Å²) in [6, 6.07) is 6.72. The van der Waals surface area contributed by atoms with E-state index < -0.39 is 0 Å². The van der Waals surface area contributed by atoms with E-state index in [0.29, 0.717) is 6.04 Å². The lowest BCUT2D eigenvalue weighted by molar-refractivity contribution is 0.726. The summed E-state index contributed by atoms with van der Waals surface area (Å²) in [4.78, 5) is 4.46. The molecule has 1 heterocycles. The summed E-state index contributed by atoms with van der Waals surface area (Å²) >= 11 is 5.85. The Balaban J connectivity index is 2.36. The first-order chi connectivity index (χ1) is 6.66. The van der Waals surface area contributed by atoms with Crippen LogP contribution < -0.4 is 5.32 Å². The SMILES string of the molecule is CC1CN=C(c2cc(I)ccc2Br)N1. The highest BCUT2D eigenvalue weighted by Crippen LogP contribution is 2.21. The maximum atomic E-state index is 4.46. The summed E-state index contributed by atoms with van der Waals surface area (Å²) in [5, 5.41) is 3.35. The van der Waals surface area contributed by atoms with Gasteiger partial charge in [-0.25, -0.2) is 0 Å². The van der Waals surface area contributed by atoms with Crippen LogP contribution >= 0.6 is 38.5 Å². The maximum absolute atomic E-state index is 4.46. The van der Waals surface area contributed by atoms with E-state index in [1.165, 1.54) is 3.57 Å². The summed E-state index contributed by atoms with van der Waals surface area (Å²) in [5.41, 5.74) is 1.15. The Labute approximate surface area is 105 Å². The van der Waals surface area contributed by atoms with Crippen LogP contribution in [-0.4, -0.2) is 18.4 Å². The number of aliphatic imine (C=N–C) groups is 1. The fourth-order valence-corrected chi connectivity index (χ4v) is 2.32. The number of halogens is 2. The molecule has 0 aromatic heterocycles. The zero-order valence-corrected chi connectivity index (χ0v) is 11.5. The Morgan fingerprint density at radius 1 is 1.57 bits per heavy atom. The van der Waals surface area contributed by atoms with Gasteiger partial charge in [0.05, 0.1) is 6.54 Å². The number of hydrogen-bond donors (Lipinski definition) is 1. The first kappa shape index (κ1) is 10.4. The Kier molecular flexibility index (Phi) is 3.11. The zero-order chi connectivity index (χ0) is 10.1. The topological polar surface area (TPSA) is 24.4 Å². The summed E-state index contributed by atoms with van der Waals surface area (Å²) in [7, 11) is 0. The number of nitrogens with one attached hydrogen (secondary N) is 1. The van der Waals surface area contributed by atoms with Crippen molar-refractivity contribution in [3.63, 3.8) is 0 Å². The van der Waals surface area contributed by atoms with Crippen molar-refractivity contribution in [2.75, 3.05) is 6.54 Å². The van der Waals surface area contributed by atoms with E-state index in [2.05, 4.69) is 74.0 Å². The Morgan fingerprint density at radius 3 is 3.00 bits per heavy atom. The van der Waals surface area contributed by atoms with Crippen molar-refractivity contribution in [1.82, 2.24) is 5.32 Å². The molecule has 1 aromatic carbocycles. The van der Waals surface area contributed by atoms with Crippen LogP contribution in [0.2, 0.25) is 0 Å². The van der Waals surface area contributed by atoms with Gasteiger partial charge in [0.2, 0.25) is 0 Å². The molecular weight excluding hydrogens is 355 g/mol. The highest BCUT2D eigenvalue weighted by molar-refractivity contribution is 14.1. The molecule has 0 fully saturated rings. The molecule has 2 rings (SSSR count). The molecule has 1 N–H and O–H groups in total. The smallest absolute Gasteiger partial charge is 0.129 e. The first-order valence-electron chi connectivity index (χ1n) is 4.43. The Bertz CT molecular complexity index is 390. The van der Waals surface area contributed by atoms with Crippen molar-refractivity contribution < 1.29 is 0 Å². The fourth-order valence-electron chi connectivity index (χ4n) is 1.39. The lowest BCUT2D eigenvalue weighted by atomic mass is 10.2. The second-order valence-corrected chi connectivity index (χ2v) is 5.46. The monoisotopic (exact) mass is 364 g/mol. The van der Waals surface area contributed by atoms with Crippen molar-refractivity contribution in [3.8, 4) is 0 Å². The summed E-state index contributed by atoms with van der Waals surface area (Å²) < 4.78 is 2.32. The molecule has 1 atom stereocenters. The van der Waals surface area contributed by atoms with Gasteiger partial charge < -0.3 is 5.32 Å². The van der Waals surface area contributed by atoms with E-state index in [1.807, 2.05) is 0 Å². The van der Waals surface area contributed by atoms with Gasteiger partial charge in [-0.1, -0.05) is 15.9 Å². The van der Waals surface area contributed by atoms with Crippen molar-refractivity contribution >= 4 is 44.4 Å². The van der Waals surface area contributed by atoms with Gasteiger partial charge in [0.15, 0.2) is 0 Å². The molecule has 0 saturated heterocycles. The molecular formula is C10H10BrIN2. The van der Waals surface area contributed by atoms with Crippen LogP contribution in [0, 0.1) is 3.57 Å². The van der Waals surface area contributed by atoms with Gasteiger partial charge in [-0.2, -0.15) is 0 Å². The minimum absolute atomic E-state index is 0.453. The van der Waals surface area contributed by atoms with Gasteiger partial charge in [0.25, 0.3) is 0 Å². The van der Waals surface area contributed by atoms with Crippen molar-refractivity contribution in [2.24, 2.45) is 4.99 Å². The molecule has 2 nitrogen and oxygen atoms in total. The predicted octanol–water partition coefficient (Wildman–Crippen LogP) is 2.79. The molecule has 0 amide bonds. The standard InChI is InChI=1S/C10H10BrIN2/c1-6-5-13-10(14-6)8-4-7(12)2-3-9(8)11/h2-4,6H,5H2,1H3,(H,13,14). The average Bonchev–Trinajstić information content (AvgIpc) is 2.56. The van der Waals surface area contributed by atoms with E-state index in [1.54, 1.807) is 0 Å². The van der Waals surface area contributed by atoms with Gasteiger partial charge in [-0.05, 0) is 47.7 Å². The third kappa shape index (κ3) is 2.11. The van der Waals surface area contributed by atoms with E-state index in [9.17, 15) is 0 Å². The normalized spacial score (nSPS) is 20.5. The van der Waals surface area contributed by atoms with E-state index in [4.69, 9.17) is 0 Å². The molecule has 0 saturated carbocycles. The average molecular weight is 365 g/mol. The van der Waals surface area contributed by atoms with E-state index in [0.717, 1.165) is 22.4 Å². The van der Waals surface area contributed by atoms with Gasteiger partial charge in [-0.15, -0.1) is 0 Å². The quantitative estimate of drug-likeness (QED) is 0.761. The van der Waals surface area contributed by atoms with Crippen LogP contribution in [0.4, 0.5) is 0 Å². The predicted molar refractivity (Wildman–Crippen MR) is 70.9 cm³/mol. The van der Waals surface area contributed by atoms with E-state index in [-0.39, 0.29) is 0 Å². The summed E-state index contributed by atoms with van der Waals surface area (Å²) in [6.45, 7) is 3.01. The van der Waals surface area contributed by atoms with Crippen LogP contribution in [0.3, 0.4) is 0 Å². The largest absolute Gasteiger partial charge is 0.366 e. The molecule has 14 heavy (non-hydrogen) atoms. The lowest BCUT2D eigenvalue weighted by Gasteiger charge is -2.08. The lowest BCUT2D eigenvalue weighted by Crippen LogP contribution is -2.27. The number of rotatable bonds is 1. The second-order valence-electron chi connectivity index (χ2n) is 3.36. The molecule has 1 aliphatic heterocycles. The number of nitrogens with zero attached hydrogens (tertiary/aromatic N) is 1. The second kappa shape index (κ2) is 4.18. The number of hydrogen-bond acceptors (Lipinski definition) is 2. The number of amidine groups is 1. The van der Waals surface area contributed by atoms with Gasteiger partial charge in [0.1, 0.15) is 5.84 Å². The van der Waals surface area contributed by atoms with Crippen molar-refractivity contribution in [2.45, 2.75) is 13.0 Å². The highest BCUT2D eigenvalue weighted by atomic mass is 127. The third-order valence-electron chi connectivity index (χ3n) is 2.09. The minimum Gasteiger partial charge on any atom is -0.366 e. The minimum atomic E-state index is 0.453. The number of benzene rings is 1. The molecule has 0 spiro atoms. The van der Waals surface area contributed by atoms with Crippen LogP contribution in [0.1, 0.15) is 12.5 Å². The van der Waals surface area contributed by atoms with Crippen molar-refractivity contribution in [1.29, 1.82) is 0 Å². The Hall–Kier alpha value is -0.100. The van der Waals surface area contributed by atoms with Gasteiger partial charge >= 0.3 is 0 Å². The fraction of sp³-hybridized carbons (Fsp3) is 0.300. The zero-order valence-electron chi connectivity index (χ0n) is 7.72. The van der Waals surface area contributed by atoms with Crippen LogP contribution in [0.25, 0.3) is 0 Å². The highest BCUT2D eigenvalue weighted by Gasteiger charge is 2.16. The molecule has 74 valence electrons.